The molecule has 0 spiro atoms. The number of ether oxygens (including phenoxy) is 1. The van der Waals surface area contributed by atoms with Crippen LogP contribution in [-0.2, 0) is 19.6 Å². The van der Waals surface area contributed by atoms with Crippen LogP contribution in [0.4, 0.5) is 0 Å². The molecule has 0 aliphatic carbocycles. The molecule has 0 saturated heterocycles. The average Bonchev–Trinajstić information content (AvgIpc) is 2.56. The molecule has 0 atom stereocenters. The lowest BCUT2D eigenvalue weighted by Crippen LogP contribution is -2.35. The third-order valence-corrected chi connectivity index (χ3v) is 4.95. The molecule has 0 fully saturated rings. The van der Waals surface area contributed by atoms with E-state index in [-0.39, 0.29) is 22.4 Å². The number of hydrogen-bond acceptors (Lipinski definition) is 5. The third kappa shape index (κ3) is 6.61. The van der Waals surface area contributed by atoms with Gasteiger partial charge in [-0.2, -0.15) is 0 Å². The second-order valence-corrected chi connectivity index (χ2v) is 7.96. The lowest BCUT2D eigenvalue weighted by atomic mass is 10.2. The van der Waals surface area contributed by atoms with Gasteiger partial charge in [-0.15, -0.1) is 0 Å². The molecule has 7 nitrogen and oxygen atoms in total. The highest BCUT2D eigenvalue weighted by Crippen LogP contribution is 2.13. The summed E-state index contributed by atoms with van der Waals surface area (Å²) in [6.07, 6.45) is 0. The molecule has 0 aliphatic rings. The van der Waals surface area contributed by atoms with Gasteiger partial charge >= 0.3 is 5.97 Å². The number of benzene rings is 1. The number of sulfonamides is 1. The number of amides is 1. The van der Waals surface area contributed by atoms with Crippen molar-refractivity contribution in [1.82, 2.24) is 9.62 Å². The van der Waals surface area contributed by atoms with E-state index in [4.69, 9.17) is 4.74 Å². The maximum atomic E-state index is 12.2. The lowest BCUT2D eigenvalue weighted by Gasteiger charge is -2.20. The van der Waals surface area contributed by atoms with Gasteiger partial charge in [-0.1, -0.05) is 18.2 Å². The quantitative estimate of drug-likeness (QED) is 0.521. The van der Waals surface area contributed by atoms with Crippen LogP contribution < -0.4 is 4.72 Å². The zero-order chi connectivity index (χ0) is 19.9. The monoisotopic (exact) mass is 382 g/mol. The molecule has 1 aromatic carbocycles. The molecule has 0 radical (unpaired) electrons. The van der Waals surface area contributed by atoms with Crippen molar-refractivity contribution >= 4 is 21.9 Å². The number of esters is 1. The minimum Gasteiger partial charge on any atom is -0.452 e. The van der Waals surface area contributed by atoms with Gasteiger partial charge in [-0.05, 0) is 45.9 Å². The van der Waals surface area contributed by atoms with E-state index in [1.807, 2.05) is 6.92 Å². The van der Waals surface area contributed by atoms with E-state index in [1.165, 1.54) is 29.2 Å². The minimum atomic E-state index is -3.72. The number of rotatable bonds is 9. The largest absolute Gasteiger partial charge is 0.452 e. The Bertz CT molecular complexity index is 772. The number of nitrogens with one attached hydrogen (secondary N) is 1. The fourth-order valence-corrected chi connectivity index (χ4v) is 3.47. The first-order chi connectivity index (χ1) is 12.1. The maximum Gasteiger partial charge on any atom is 0.338 e. The van der Waals surface area contributed by atoms with Crippen LogP contribution in [0.15, 0.2) is 41.3 Å². The highest BCUT2D eigenvalue weighted by atomic mass is 32.2. The molecule has 1 amide bonds. The van der Waals surface area contributed by atoms with Gasteiger partial charge in [0, 0.05) is 19.1 Å². The van der Waals surface area contributed by atoms with E-state index < -0.39 is 22.6 Å². The molecule has 0 bridgehead atoms. The number of likely N-dealkylation sites (N-methyl/N-ethyl adjacent to an activating group) is 1. The summed E-state index contributed by atoms with van der Waals surface area (Å²) < 4.78 is 31.8. The van der Waals surface area contributed by atoms with Crippen LogP contribution in [0.1, 0.15) is 38.1 Å². The molecule has 0 aromatic heterocycles. The van der Waals surface area contributed by atoms with Gasteiger partial charge < -0.3 is 9.64 Å². The van der Waals surface area contributed by atoms with Crippen molar-refractivity contribution in [3.8, 4) is 0 Å². The molecule has 0 heterocycles. The topological polar surface area (TPSA) is 92.8 Å². The minimum absolute atomic E-state index is 0.0376. The number of carbonyl (C=O) groups is 2. The first-order valence-corrected chi connectivity index (χ1v) is 9.76. The van der Waals surface area contributed by atoms with Gasteiger partial charge in [0.25, 0.3) is 5.91 Å². The van der Waals surface area contributed by atoms with Crippen LogP contribution in [0.3, 0.4) is 0 Å². The first kappa shape index (κ1) is 21.9. The Morgan fingerprint density at radius 2 is 1.96 bits per heavy atom. The molecule has 0 unspecified atom stereocenters. The number of hydrogen-bond donors (Lipinski definition) is 1. The van der Waals surface area contributed by atoms with Gasteiger partial charge in [-0.25, -0.2) is 17.9 Å². The van der Waals surface area contributed by atoms with Gasteiger partial charge in [0.05, 0.1) is 10.5 Å². The van der Waals surface area contributed by atoms with Crippen LogP contribution in [0.5, 0.6) is 0 Å². The van der Waals surface area contributed by atoms with E-state index in [2.05, 4.69) is 11.3 Å². The van der Waals surface area contributed by atoms with Gasteiger partial charge in [0.2, 0.25) is 10.0 Å². The predicted octanol–water partition coefficient (Wildman–Crippen LogP) is 1.95. The molecule has 144 valence electrons. The molecule has 1 N–H and O–H groups in total. The van der Waals surface area contributed by atoms with Crippen molar-refractivity contribution in [3.63, 3.8) is 0 Å². The van der Waals surface area contributed by atoms with Crippen molar-refractivity contribution in [1.29, 1.82) is 0 Å². The van der Waals surface area contributed by atoms with Crippen LogP contribution in [-0.4, -0.2) is 50.9 Å². The van der Waals surface area contributed by atoms with E-state index in [1.54, 1.807) is 20.8 Å². The van der Waals surface area contributed by atoms with Crippen LogP contribution in [0.25, 0.3) is 0 Å². The second-order valence-electron chi connectivity index (χ2n) is 6.24. The second kappa shape index (κ2) is 9.49. The van der Waals surface area contributed by atoms with Crippen LogP contribution >= 0.6 is 0 Å². The van der Waals surface area contributed by atoms with Gasteiger partial charge in [0.15, 0.2) is 6.61 Å². The summed E-state index contributed by atoms with van der Waals surface area (Å²) >= 11 is 0. The van der Waals surface area contributed by atoms with Crippen molar-refractivity contribution < 1.29 is 22.7 Å². The zero-order valence-corrected chi connectivity index (χ0v) is 16.4. The Balaban J connectivity index is 2.81. The molecule has 1 rings (SSSR count). The fourth-order valence-electron chi connectivity index (χ4n) is 2.17. The zero-order valence-electron chi connectivity index (χ0n) is 15.6. The van der Waals surface area contributed by atoms with E-state index >= 15 is 0 Å². The van der Waals surface area contributed by atoms with Crippen molar-refractivity contribution in [2.75, 3.05) is 19.7 Å². The normalized spacial score (nSPS) is 11.3. The average molecular weight is 382 g/mol. The number of carbonyl (C=O) groups excluding carboxylic acids is 2. The number of nitrogens with zero attached hydrogens (tertiary/aromatic N) is 1. The molecule has 0 saturated carbocycles. The molecule has 8 heteroatoms. The summed E-state index contributed by atoms with van der Waals surface area (Å²) in [6.45, 7) is 11.2. The van der Waals surface area contributed by atoms with Crippen LogP contribution in [0, 0.1) is 0 Å². The molecule has 0 aliphatic heterocycles. The maximum absolute atomic E-state index is 12.2. The Labute approximate surface area is 155 Å². The molecular formula is C18H26N2O5S. The van der Waals surface area contributed by atoms with E-state index in [9.17, 15) is 18.0 Å². The van der Waals surface area contributed by atoms with Gasteiger partial charge in [-0.3, -0.25) is 4.79 Å². The summed E-state index contributed by atoms with van der Waals surface area (Å²) in [4.78, 5) is 25.7. The van der Waals surface area contributed by atoms with Gasteiger partial charge in [0.1, 0.15) is 0 Å². The van der Waals surface area contributed by atoms with Crippen molar-refractivity contribution in [2.45, 2.75) is 38.6 Å². The van der Waals surface area contributed by atoms with Crippen molar-refractivity contribution in [2.24, 2.45) is 0 Å². The highest BCUT2D eigenvalue weighted by Gasteiger charge is 2.19. The lowest BCUT2D eigenvalue weighted by molar-refractivity contribution is -0.133. The standard InChI is InChI=1S/C18H26N2O5S/c1-6-20(11-13(2)3)17(21)12-25-18(22)15-8-7-9-16(10-15)26(23,24)19-14(4)5/h7-10,14,19H,2,6,11-12H2,1,3-5H3. The Morgan fingerprint density at radius 1 is 1.31 bits per heavy atom. The van der Waals surface area contributed by atoms with Crippen molar-refractivity contribution in [3.05, 3.63) is 42.0 Å². The molecule has 1 aromatic rings. The SMILES string of the molecule is C=C(C)CN(CC)C(=O)COC(=O)c1cccc(S(=O)(=O)NC(C)C)c1. The highest BCUT2D eigenvalue weighted by molar-refractivity contribution is 7.89. The fraction of sp³-hybridized carbons (Fsp3) is 0.444. The first-order valence-electron chi connectivity index (χ1n) is 8.28. The Morgan fingerprint density at radius 3 is 2.50 bits per heavy atom. The third-order valence-electron chi connectivity index (χ3n) is 3.29. The summed E-state index contributed by atoms with van der Waals surface area (Å²) in [6, 6.07) is 5.22. The molecule has 26 heavy (non-hydrogen) atoms. The predicted molar refractivity (Wildman–Crippen MR) is 99.3 cm³/mol. The smallest absolute Gasteiger partial charge is 0.338 e. The molecular weight excluding hydrogens is 356 g/mol. The summed E-state index contributed by atoms with van der Waals surface area (Å²) in [5.74, 6) is -1.10. The van der Waals surface area contributed by atoms with E-state index in [0.29, 0.717) is 13.1 Å². The Hall–Kier alpha value is -2.19. The summed E-state index contributed by atoms with van der Waals surface area (Å²) in [5, 5.41) is 0. The summed E-state index contributed by atoms with van der Waals surface area (Å²) in [7, 11) is -3.72. The Kier molecular flexibility index (Phi) is 7.98. The van der Waals surface area contributed by atoms with E-state index in [0.717, 1.165) is 5.57 Å². The summed E-state index contributed by atoms with van der Waals surface area (Å²) in [5.41, 5.74) is 0.884. The van der Waals surface area contributed by atoms with Crippen LogP contribution in [0.2, 0.25) is 0 Å².